The zero-order chi connectivity index (χ0) is 11.3. The van der Waals surface area contributed by atoms with Crippen molar-refractivity contribution >= 4 is 5.78 Å². The minimum atomic E-state index is -0.00648. The molecule has 0 aliphatic rings. The fourth-order valence-electron chi connectivity index (χ4n) is 1.07. The summed E-state index contributed by atoms with van der Waals surface area (Å²) in [6, 6.07) is 9.23. The van der Waals surface area contributed by atoms with Gasteiger partial charge in [-0.15, -0.1) is 0 Å². The van der Waals surface area contributed by atoms with Crippen LogP contribution >= 0.6 is 0 Å². The van der Waals surface area contributed by atoms with Crippen LogP contribution in [-0.2, 0) is 0 Å². The first kappa shape index (κ1) is 11.5. The van der Waals surface area contributed by atoms with Crippen molar-refractivity contribution in [3.8, 4) is 0 Å². The topological polar surface area (TPSA) is 29.1 Å². The van der Waals surface area contributed by atoms with Gasteiger partial charge < -0.3 is 5.32 Å². The van der Waals surface area contributed by atoms with Crippen LogP contribution in [0.3, 0.4) is 0 Å². The first-order valence-electron chi connectivity index (χ1n) is 5.03. The molecule has 1 rings (SSSR count). The van der Waals surface area contributed by atoms with Gasteiger partial charge in [-0.25, -0.2) is 0 Å². The van der Waals surface area contributed by atoms with Crippen molar-refractivity contribution in [3.63, 3.8) is 0 Å². The lowest BCUT2D eigenvalue weighted by molar-refractivity contribution is 0.104. The molecule has 0 saturated carbocycles. The Morgan fingerprint density at radius 1 is 1.20 bits per heavy atom. The monoisotopic (exact) mass is 203 g/mol. The Morgan fingerprint density at radius 2 is 1.80 bits per heavy atom. The summed E-state index contributed by atoms with van der Waals surface area (Å²) in [5.74, 6) is 0.0207. The maximum absolute atomic E-state index is 11.6. The van der Waals surface area contributed by atoms with Crippen molar-refractivity contribution in [2.24, 2.45) is 0 Å². The second-order valence-electron chi connectivity index (χ2n) is 4.46. The summed E-state index contributed by atoms with van der Waals surface area (Å²) in [4.78, 5) is 11.6. The number of carbonyl (C=O) groups is 1. The summed E-state index contributed by atoms with van der Waals surface area (Å²) in [6.07, 6.45) is 3.26. The molecule has 0 unspecified atom stereocenters. The maximum atomic E-state index is 11.6. The van der Waals surface area contributed by atoms with Gasteiger partial charge in [0.25, 0.3) is 0 Å². The molecule has 2 nitrogen and oxygen atoms in total. The molecule has 0 spiro atoms. The predicted molar refractivity (Wildman–Crippen MR) is 62.8 cm³/mol. The molecule has 0 saturated heterocycles. The molecule has 0 fully saturated rings. The molecule has 0 radical (unpaired) electrons. The maximum Gasteiger partial charge on any atom is 0.187 e. The minimum Gasteiger partial charge on any atom is -0.386 e. The summed E-state index contributed by atoms with van der Waals surface area (Å²) < 4.78 is 0. The smallest absolute Gasteiger partial charge is 0.187 e. The average Bonchev–Trinajstić information content (AvgIpc) is 2.17. The first-order valence-corrected chi connectivity index (χ1v) is 5.03. The zero-order valence-electron chi connectivity index (χ0n) is 9.45. The third-order valence-corrected chi connectivity index (χ3v) is 1.81. The van der Waals surface area contributed by atoms with E-state index in [9.17, 15) is 4.79 Å². The lowest BCUT2D eigenvalue weighted by Crippen LogP contribution is -2.31. The van der Waals surface area contributed by atoms with E-state index >= 15 is 0 Å². The fraction of sp³-hybridized carbons (Fsp3) is 0.308. The summed E-state index contributed by atoms with van der Waals surface area (Å²) >= 11 is 0. The Kier molecular flexibility index (Phi) is 3.67. The number of hydrogen-bond acceptors (Lipinski definition) is 2. The molecule has 0 aliphatic carbocycles. The van der Waals surface area contributed by atoms with E-state index in [1.807, 2.05) is 51.1 Å². The van der Waals surface area contributed by atoms with Gasteiger partial charge in [0.1, 0.15) is 0 Å². The van der Waals surface area contributed by atoms with E-state index in [-0.39, 0.29) is 11.3 Å². The van der Waals surface area contributed by atoms with E-state index in [2.05, 4.69) is 5.32 Å². The van der Waals surface area contributed by atoms with E-state index in [0.717, 1.165) is 0 Å². The number of allylic oxidation sites excluding steroid dienone is 1. The van der Waals surface area contributed by atoms with Gasteiger partial charge in [0, 0.05) is 23.4 Å². The van der Waals surface area contributed by atoms with Crippen molar-refractivity contribution < 1.29 is 4.79 Å². The standard InChI is InChI=1S/C13H17NO/c1-13(2,3)14-10-9-12(15)11-7-5-4-6-8-11/h4-10,14H,1-3H3/b10-9-. The molecule has 1 aromatic rings. The molecule has 15 heavy (non-hydrogen) atoms. The molecule has 2 heteroatoms. The third-order valence-electron chi connectivity index (χ3n) is 1.81. The second kappa shape index (κ2) is 4.78. The van der Waals surface area contributed by atoms with Crippen molar-refractivity contribution in [3.05, 3.63) is 48.2 Å². The highest BCUT2D eigenvalue weighted by Crippen LogP contribution is 2.02. The van der Waals surface area contributed by atoms with Crippen LogP contribution in [0.5, 0.6) is 0 Å². The van der Waals surface area contributed by atoms with Crippen LogP contribution in [0.1, 0.15) is 31.1 Å². The Hall–Kier alpha value is -1.57. The molecule has 0 amide bonds. The largest absolute Gasteiger partial charge is 0.386 e. The average molecular weight is 203 g/mol. The van der Waals surface area contributed by atoms with Gasteiger partial charge in [0.2, 0.25) is 0 Å². The fourth-order valence-corrected chi connectivity index (χ4v) is 1.07. The van der Waals surface area contributed by atoms with Gasteiger partial charge in [0.15, 0.2) is 5.78 Å². The molecule has 1 aromatic carbocycles. The molecule has 0 aliphatic heterocycles. The van der Waals surface area contributed by atoms with Gasteiger partial charge >= 0.3 is 0 Å². The number of benzene rings is 1. The first-order chi connectivity index (χ1) is 6.99. The van der Waals surface area contributed by atoms with Gasteiger partial charge in [-0.1, -0.05) is 30.3 Å². The molecule has 0 heterocycles. The molecule has 0 bridgehead atoms. The number of hydrogen-bond donors (Lipinski definition) is 1. The Labute approximate surface area is 91.0 Å². The lowest BCUT2D eigenvalue weighted by Gasteiger charge is -2.18. The van der Waals surface area contributed by atoms with Crippen LogP contribution in [-0.4, -0.2) is 11.3 Å². The molecule has 1 N–H and O–H groups in total. The Morgan fingerprint density at radius 3 is 2.33 bits per heavy atom. The Bertz CT molecular complexity index is 347. The van der Waals surface area contributed by atoms with Gasteiger partial charge in [0.05, 0.1) is 0 Å². The molecule has 0 atom stereocenters. The highest BCUT2D eigenvalue weighted by atomic mass is 16.1. The van der Waals surface area contributed by atoms with E-state index in [1.165, 1.54) is 0 Å². The van der Waals surface area contributed by atoms with Crippen LogP contribution in [0, 0.1) is 0 Å². The van der Waals surface area contributed by atoms with E-state index in [1.54, 1.807) is 12.3 Å². The van der Waals surface area contributed by atoms with Crippen LogP contribution in [0.25, 0.3) is 0 Å². The van der Waals surface area contributed by atoms with Crippen molar-refractivity contribution in [1.29, 1.82) is 0 Å². The number of rotatable bonds is 3. The molecular weight excluding hydrogens is 186 g/mol. The van der Waals surface area contributed by atoms with E-state index in [4.69, 9.17) is 0 Å². The molecule has 80 valence electrons. The number of ketones is 1. The van der Waals surface area contributed by atoms with Crippen molar-refractivity contribution in [2.75, 3.05) is 0 Å². The van der Waals surface area contributed by atoms with Gasteiger partial charge in [-0.3, -0.25) is 4.79 Å². The SMILES string of the molecule is CC(C)(C)N/C=C\C(=O)c1ccccc1. The van der Waals surface area contributed by atoms with Gasteiger partial charge in [-0.05, 0) is 20.8 Å². The number of nitrogens with one attached hydrogen (secondary N) is 1. The summed E-state index contributed by atoms with van der Waals surface area (Å²) in [7, 11) is 0. The highest BCUT2D eigenvalue weighted by Gasteiger charge is 2.05. The van der Waals surface area contributed by atoms with Crippen molar-refractivity contribution in [2.45, 2.75) is 26.3 Å². The van der Waals surface area contributed by atoms with E-state index in [0.29, 0.717) is 5.56 Å². The summed E-state index contributed by atoms with van der Waals surface area (Å²) in [5, 5.41) is 3.12. The molecule has 0 aromatic heterocycles. The Balaban J connectivity index is 2.57. The lowest BCUT2D eigenvalue weighted by atomic mass is 10.1. The van der Waals surface area contributed by atoms with Crippen LogP contribution in [0.2, 0.25) is 0 Å². The predicted octanol–water partition coefficient (Wildman–Crippen LogP) is 2.77. The minimum absolute atomic E-state index is 0.00648. The molecular formula is C13H17NO. The van der Waals surface area contributed by atoms with Gasteiger partial charge in [-0.2, -0.15) is 0 Å². The summed E-state index contributed by atoms with van der Waals surface area (Å²) in [6.45, 7) is 6.14. The summed E-state index contributed by atoms with van der Waals surface area (Å²) in [5.41, 5.74) is 0.706. The van der Waals surface area contributed by atoms with Crippen LogP contribution in [0.15, 0.2) is 42.6 Å². The van der Waals surface area contributed by atoms with E-state index < -0.39 is 0 Å². The van der Waals surface area contributed by atoms with Crippen LogP contribution in [0.4, 0.5) is 0 Å². The second-order valence-corrected chi connectivity index (χ2v) is 4.46. The number of carbonyl (C=O) groups excluding carboxylic acids is 1. The zero-order valence-corrected chi connectivity index (χ0v) is 9.45. The highest BCUT2D eigenvalue weighted by molar-refractivity contribution is 6.04. The normalized spacial score (nSPS) is 11.7. The quantitative estimate of drug-likeness (QED) is 0.604. The third kappa shape index (κ3) is 4.45. The van der Waals surface area contributed by atoms with Crippen molar-refractivity contribution in [1.82, 2.24) is 5.32 Å². The van der Waals surface area contributed by atoms with Crippen LogP contribution < -0.4 is 5.32 Å².